The molecule has 9 nitrogen and oxygen atoms in total. The first-order valence-electron chi connectivity index (χ1n) is 17.5. The Morgan fingerprint density at radius 3 is 2.44 bits per heavy atom. The Kier molecular flexibility index (Phi) is 11.4. The van der Waals surface area contributed by atoms with Gasteiger partial charge in [0, 0.05) is 43.3 Å². The molecule has 2 saturated carbocycles. The second kappa shape index (κ2) is 14.0. The zero-order chi connectivity index (χ0) is 33.5. The highest BCUT2D eigenvalue weighted by molar-refractivity contribution is 5.81. The molecule has 1 aliphatic heterocycles. The molecule has 0 aromatic rings. The average Bonchev–Trinajstić information content (AvgIpc) is 3.47. The van der Waals surface area contributed by atoms with Crippen LogP contribution in [0.4, 0.5) is 0 Å². The first-order chi connectivity index (χ1) is 21.0. The van der Waals surface area contributed by atoms with Gasteiger partial charge >= 0.3 is 5.97 Å². The van der Waals surface area contributed by atoms with Crippen LogP contribution in [0.2, 0.25) is 0 Å². The fourth-order valence-corrected chi connectivity index (χ4v) is 9.76. The van der Waals surface area contributed by atoms with Crippen molar-refractivity contribution >= 4 is 11.8 Å². The molecule has 7 unspecified atom stereocenters. The summed E-state index contributed by atoms with van der Waals surface area (Å²) in [6, 6.07) is 0. The van der Waals surface area contributed by atoms with E-state index in [2.05, 4.69) is 13.0 Å². The lowest BCUT2D eigenvalue weighted by Gasteiger charge is -2.48. The molecule has 0 spiro atoms. The minimum atomic E-state index is -1.78. The van der Waals surface area contributed by atoms with Crippen LogP contribution in [0.15, 0.2) is 11.6 Å². The third-order valence-electron chi connectivity index (χ3n) is 12.5. The number of fused-ring (bicyclic) bond motifs is 2. The topological polar surface area (TPSA) is 154 Å². The predicted molar refractivity (Wildman–Crippen MR) is 169 cm³/mol. The van der Waals surface area contributed by atoms with E-state index < -0.39 is 41.4 Å². The number of carbonyl (C=O) groups is 2. The molecule has 4 aliphatic rings. The van der Waals surface area contributed by atoms with Crippen LogP contribution >= 0.6 is 0 Å². The van der Waals surface area contributed by atoms with E-state index in [1.54, 1.807) is 13.8 Å². The first kappa shape index (κ1) is 36.5. The summed E-state index contributed by atoms with van der Waals surface area (Å²) in [4.78, 5) is 26.2. The van der Waals surface area contributed by atoms with Crippen LogP contribution < -0.4 is 0 Å². The molecule has 9 heteroatoms. The standard InChI is InChI=1S/C36H60O9/c1-8-9-29(39)22(4)32-20(2)14-21(3)36(43,45-32)23(5)33(41)44-19-25(18-38)26-10-12-34(6)16-27-24(17-37)15-30(40)31(27)35(7,42)13-11-28(26)34/h11,20-27,30-32,37-38,40,42-43H,8-10,12-19H2,1-7H3/t20?,21?,22?,23?,24-,25?,26+,27-,30+,31-,32?,34-,35-,36?/m0/s1. The highest BCUT2D eigenvalue weighted by Crippen LogP contribution is 2.59. The summed E-state index contributed by atoms with van der Waals surface area (Å²) < 4.78 is 12.1. The van der Waals surface area contributed by atoms with E-state index in [1.165, 1.54) is 0 Å². The molecule has 45 heavy (non-hydrogen) atoms. The molecule has 0 radical (unpaired) electrons. The fraction of sp³-hybridized carbons (Fsp3) is 0.889. The molecule has 3 fully saturated rings. The van der Waals surface area contributed by atoms with Crippen LogP contribution in [0.5, 0.6) is 0 Å². The summed E-state index contributed by atoms with van der Waals surface area (Å²) in [5, 5.41) is 54.7. The number of esters is 1. The second-order valence-corrected chi connectivity index (χ2v) is 15.8. The highest BCUT2D eigenvalue weighted by Gasteiger charge is 2.56. The molecule has 4 rings (SSSR count). The van der Waals surface area contributed by atoms with Crippen LogP contribution in [0.1, 0.15) is 99.8 Å². The Morgan fingerprint density at radius 2 is 1.82 bits per heavy atom. The van der Waals surface area contributed by atoms with E-state index in [-0.39, 0.29) is 72.4 Å². The molecular weight excluding hydrogens is 576 g/mol. The minimum Gasteiger partial charge on any atom is -0.465 e. The number of ether oxygens (including phenoxy) is 2. The summed E-state index contributed by atoms with van der Waals surface area (Å²) in [7, 11) is 0. The molecular formula is C36H60O9. The van der Waals surface area contributed by atoms with Gasteiger partial charge in [0.2, 0.25) is 0 Å². The van der Waals surface area contributed by atoms with Crippen LogP contribution in [0.25, 0.3) is 0 Å². The Hall–Kier alpha value is -1.36. The quantitative estimate of drug-likeness (QED) is 0.167. The Labute approximate surface area is 269 Å². The largest absolute Gasteiger partial charge is 0.465 e. The number of Topliss-reactive ketones (excluding diaryl/α,β-unsaturated/α-hetero) is 1. The van der Waals surface area contributed by atoms with Crippen molar-refractivity contribution in [1.29, 1.82) is 0 Å². The summed E-state index contributed by atoms with van der Waals surface area (Å²) in [5.41, 5.74) is -0.204. The van der Waals surface area contributed by atoms with E-state index >= 15 is 0 Å². The van der Waals surface area contributed by atoms with Gasteiger partial charge in [0.25, 0.3) is 0 Å². The van der Waals surface area contributed by atoms with Crippen LogP contribution in [0, 0.1) is 58.7 Å². The van der Waals surface area contributed by atoms with Crippen molar-refractivity contribution in [3.63, 3.8) is 0 Å². The lowest BCUT2D eigenvalue weighted by atomic mass is 9.64. The predicted octanol–water partition coefficient (Wildman–Crippen LogP) is 4.02. The Balaban J connectivity index is 1.47. The Bertz CT molecular complexity index is 1090. The van der Waals surface area contributed by atoms with Crippen molar-refractivity contribution < 1.29 is 44.6 Å². The molecule has 5 N–H and O–H groups in total. The molecule has 3 aliphatic carbocycles. The van der Waals surface area contributed by atoms with Gasteiger partial charge < -0.3 is 35.0 Å². The smallest absolute Gasteiger partial charge is 0.314 e. The second-order valence-electron chi connectivity index (χ2n) is 15.8. The van der Waals surface area contributed by atoms with Crippen LogP contribution in [-0.2, 0) is 19.1 Å². The lowest BCUT2D eigenvalue weighted by Crippen LogP contribution is -2.58. The molecule has 258 valence electrons. The van der Waals surface area contributed by atoms with Crippen molar-refractivity contribution in [3.8, 4) is 0 Å². The molecule has 0 amide bonds. The number of aliphatic hydroxyl groups is 5. The lowest BCUT2D eigenvalue weighted by molar-refractivity contribution is -0.318. The van der Waals surface area contributed by atoms with Gasteiger partial charge in [0.1, 0.15) is 11.7 Å². The van der Waals surface area contributed by atoms with Gasteiger partial charge in [0.05, 0.1) is 24.4 Å². The zero-order valence-electron chi connectivity index (χ0n) is 28.6. The number of carbonyl (C=O) groups excluding carboxylic acids is 2. The van der Waals surface area contributed by atoms with Gasteiger partial charge in [-0.3, -0.25) is 9.59 Å². The van der Waals surface area contributed by atoms with Gasteiger partial charge in [-0.2, -0.15) is 0 Å². The maximum Gasteiger partial charge on any atom is 0.314 e. The summed E-state index contributed by atoms with van der Waals surface area (Å²) in [6.07, 6.45) is 5.94. The average molecular weight is 637 g/mol. The number of hydrogen-bond acceptors (Lipinski definition) is 9. The maximum atomic E-state index is 13.5. The molecule has 0 aromatic carbocycles. The molecule has 1 saturated heterocycles. The zero-order valence-corrected chi connectivity index (χ0v) is 28.6. The van der Waals surface area contributed by atoms with Crippen molar-refractivity contribution in [2.75, 3.05) is 19.8 Å². The van der Waals surface area contributed by atoms with E-state index in [4.69, 9.17) is 9.47 Å². The van der Waals surface area contributed by atoms with Crippen molar-refractivity contribution in [2.24, 2.45) is 58.7 Å². The monoisotopic (exact) mass is 636 g/mol. The van der Waals surface area contributed by atoms with E-state index in [1.807, 2.05) is 27.7 Å². The molecule has 14 atom stereocenters. The summed E-state index contributed by atoms with van der Waals surface area (Å²) >= 11 is 0. The highest BCUT2D eigenvalue weighted by atomic mass is 16.6. The molecule has 0 bridgehead atoms. The van der Waals surface area contributed by atoms with Crippen molar-refractivity contribution in [1.82, 2.24) is 0 Å². The fourth-order valence-electron chi connectivity index (χ4n) is 9.76. The normalized spacial score (nSPS) is 43.7. The number of hydrogen-bond donors (Lipinski definition) is 5. The molecule has 1 heterocycles. The van der Waals surface area contributed by atoms with Crippen LogP contribution in [-0.4, -0.2) is 80.7 Å². The number of rotatable bonds is 11. The van der Waals surface area contributed by atoms with Gasteiger partial charge in [0.15, 0.2) is 5.79 Å². The Morgan fingerprint density at radius 1 is 1.13 bits per heavy atom. The third kappa shape index (κ3) is 6.95. The van der Waals surface area contributed by atoms with Gasteiger partial charge in [-0.05, 0) is 87.9 Å². The van der Waals surface area contributed by atoms with E-state index in [0.717, 1.165) is 31.3 Å². The number of allylic oxidation sites excluding steroid dienone is 1. The maximum absolute atomic E-state index is 13.5. The SMILES string of the molecule is CCCC(=O)C(C)C1OC(O)(C(C)C(=O)OCC(CO)[C@H]2CC[C@@]3(C)C[C@H]4[C@H](CO)C[C@@H](O)[C@H]4[C@@](C)(O)CC=C23)C(C)CC1C. The van der Waals surface area contributed by atoms with Crippen molar-refractivity contribution in [2.45, 2.75) is 123 Å². The minimum absolute atomic E-state index is 0.0200. The van der Waals surface area contributed by atoms with Crippen molar-refractivity contribution in [3.05, 3.63) is 11.6 Å². The number of ketones is 1. The third-order valence-corrected chi connectivity index (χ3v) is 12.5. The van der Waals surface area contributed by atoms with E-state index in [0.29, 0.717) is 25.7 Å². The molecule has 0 aromatic heterocycles. The van der Waals surface area contributed by atoms with Gasteiger partial charge in [-0.25, -0.2) is 0 Å². The van der Waals surface area contributed by atoms with E-state index in [9.17, 15) is 35.1 Å². The summed E-state index contributed by atoms with van der Waals surface area (Å²) in [5.74, 6) is -4.84. The van der Waals surface area contributed by atoms with Crippen LogP contribution in [0.3, 0.4) is 0 Å². The summed E-state index contributed by atoms with van der Waals surface area (Å²) in [6.45, 7) is 13.0. The first-order valence-corrected chi connectivity index (χ1v) is 17.5. The number of aliphatic hydroxyl groups excluding tert-OH is 3. The van der Waals surface area contributed by atoms with Gasteiger partial charge in [-0.15, -0.1) is 0 Å². The van der Waals surface area contributed by atoms with Gasteiger partial charge in [-0.1, -0.05) is 46.3 Å².